The SMILES string of the molecule is CC=C(CN)SC. The summed E-state index contributed by atoms with van der Waals surface area (Å²) in [4.78, 5) is 1.25. The van der Waals surface area contributed by atoms with Crippen molar-refractivity contribution in [2.24, 2.45) is 5.73 Å². The molecule has 0 aliphatic carbocycles. The normalized spacial score (nSPS) is 12.1. The molecule has 0 rings (SSSR count). The van der Waals surface area contributed by atoms with Gasteiger partial charge in [0.15, 0.2) is 0 Å². The quantitative estimate of drug-likeness (QED) is 0.588. The third kappa shape index (κ3) is 2.71. The summed E-state index contributed by atoms with van der Waals surface area (Å²) in [6.07, 6.45) is 4.06. The standard InChI is InChI=1S/C5H11NS/c1-3-5(4-6)7-2/h3H,4,6H2,1-2H3. The molecule has 2 heteroatoms. The maximum atomic E-state index is 5.30. The Morgan fingerprint density at radius 2 is 2.43 bits per heavy atom. The minimum absolute atomic E-state index is 0.678. The molecule has 0 saturated carbocycles. The molecular formula is C5H11NS. The molecular weight excluding hydrogens is 106 g/mol. The van der Waals surface area contributed by atoms with E-state index in [1.165, 1.54) is 4.91 Å². The van der Waals surface area contributed by atoms with Crippen molar-refractivity contribution in [2.75, 3.05) is 12.8 Å². The Labute approximate surface area is 49.0 Å². The molecule has 0 spiro atoms. The van der Waals surface area contributed by atoms with Gasteiger partial charge in [0.05, 0.1) is 0 Å². The first-order valence-electron chi connectivity index (χ1n) is 2.24. The van der Waals surface area contributed by atoms with Crippen LogP contribution in [0.1, 0.15) is 6.92 Å². The average molecular weight is 117 g/mol. The van der Waals surface area contributed by atoms with Crippen LogP contribution in [0.15, 0.2) is 11.0 Å². The Balaban J connectivity index is 3.38. The lowest BCUT2D eigenvalue weighted by atomic mass is 10.5. The summed E-state index contributed by atoms with van der Waals surface area (Å²) in [6.45, 7) is 2.68. The lowest BCUT2D eigenvalue weighted by molar-refractivity contribution is 1.23. The monoisotopic (exact) mass is 117 g/mol. The summed E-state index contributed by atoms with van der Waals surface area (Å²) in [7, 11) is 0. The Bertz CT molecular complexity index is 62.5. The largest absolute Gasteiger partial charge is 0.326 e. The van der Waals surface area contributed by atoms with Crippen LogP contribution in [0.5, 0.6) is 0 Å². The van der Waals surface area contributed by atoms with E-state index in [4.69, 9.17) is 5.73 Å². The van der Waals surface area contributed by atoms with Gasteiger partial charge in [-0.25, -0.2) is 0 Å². The highest BCUT2D eigenvalue weighted by Gasteiger charge is 1.82. The summed E-state index contributed by atoms with van der Waals surface area (Å²) in [6, 6.07) is 0. The van der Waals surface area contributed by atoms with Crippen molar-refractivity contribution in [2.45, 2.75) is 6.92 Å². The van der Waals surface area contributed by atoms with E-state index in [0.717, 1.165) is 0 Å². The van der Waals surface area contributed by atoms with Crippen molar-refractivity contribution in [3.63, 3.8) is 0 Å². The highest BCUT2D eigenvalue weighted by atomic mass is 32.2. The van der Waals surface area contributed by atoms with Gasteiger partial charge in [-0.2, -0.15) is 0 Å². The van der Waals surface area contributed by atoms with E-state index in [2.05, 4.69) is 0 Å². The molecule has 0 aromatic heterocycles. The summed E-state index contributed by atoms with van der Waals surface area (Å²) >= 11 is 1.71. The summed E-state index contributed by atoms with van der Waals surface area (Å²) in [5.74, 6) is 0. The van der Waals surface area contributed by atoms with Crippen LogP contribution in [-0.2, 0) is 0 Å². The third-order valence-electron chi connectivity index (χ3n) is 0.785. The van der Waals surface area contributed by atoms with Gasteiger partial charge in [-0.05, 0) is 18.1 Å². The van der Waals surface area contributed by atoms with Crippen LogP contribution < -0.4 is 5.73 Å². The molecule has 0 aliphatic heterocycles. The van der Waals surface area contributed by atoms with Gasteiger partial charge in [-0.15, -0.1) is 11.8 Å². The molecule has 0 amide bonds. The third-order valence-corrected chi connectivity index (χ3v) is 1.71. The van der Waals surface area contributed by atoms with Crippen molar-refractivity contribution in [1.29, 1.82) is 0 Å². The molecule has 0 fully saturated rings. The number of thioether (sulfide) groups is 1. The second kappa shape index (κ2) is 4.22. The first kappa shape index (κ1) is 7.05. The van der Waals surface area contributed by atoms with Crippen molar-refractivity contribution in [3.05, 3.63) is 11.0 Å². The minimum atomic E-state index is 0.678. The van der Waals surface area contributed by atoms with E-state index in [-0.39, 0.29) is 0 Å². The topological polar surface area (TPSA) is 26.0 Å². The first-order valence-corrected chi connectivity index (χ1v) is 3.46. The van der Waals surface area contributed by atoms with Gasteiger partial charge in [0.1, 0.15) is 0 Å². The highest BCUT2D eigenvalue weighted by Crippen LogP contribution is 2.06. The summed E-state index contributed by atoms with van der Waals surface area (Å²) in [5.41, 5.74) is 5.30. The number of hydrogen-bond donors (Lipinski definition) is 1. The maximum Gasteiger partial charge on any atom is 0.0235 e. The number of allylic oxidation sites excluding steroid dienone is 1. The van der Waals surface area contributed by atoms with Crippen LogP contribution in [0.4, 0.5) is 0 Å². The molecule has 0 bridgehead atoms. The van der Waals surface area contributed by atoms with E-state index >= 15 is 0 Å². The van der Waals surface area contributed by atoms with Gasteiger partial charge < -0.3 is 5.73 Å². The maximum absolute atomic E-state index is 5.30. The molecule has 0 aromatic rings. The lowest BCUT2D eigenvalue weighted by Crippen LogP contribution is -1.98. The van der Waals surface area contributed by atoms with Crippen LogP contribution in [-0.4, -0.2) is 12.8 Å². The molecule has 0 saturated heterocycles. The van der Waals surface area contributed by atoms with E-state index in [0.29, 0.717) is 6.54 Å². The molecule has 2 N–H and O–H groups in total. The number of nitrogens with two attached hydrogens (primary N) is 1. The second-order valence-corrected chi connectivity index (χ2v) is 2.10. The second-order valence-electron chi connectivity index (χ2n) is 1.16. The van der Waals surface area contributed by atoms with E-state index < -0.39 is 0 Å². The van der Waals surface area contributed by atoms with Crippen LogP contribution >= 0.6 is 11.8 Å². The van der Waals surface area contributed by atoms with Crippen molar-refractivity contribution < 1.29 is 0 Å². The van der Waals surface area contributed by atoms with Gasteiger partial charge in [-0.1, -0.05) is 6.08 Å². The molecule has 0 aliphatic rings. The fourth-order valence-corrected chi connectivity index (χ4v) is 0.721. The fraction of sp³-hybridized carbons (Fsp3) is 0.600. The summed E-state index contributed by atoms with van der Waals surface area (Å²) in [5, 5.41) is 0. The highest BCUT2D eigenvalue weighted by molar-refractivity contribution is 8.02. The Hall–Kier alpha value is 0.0500. The zero-order valence-corrected chi connectivity index (χ0v) is 5.59. The van der Waals surface area contributed by atoms with Crippen molar-refractivity contribution in [3.8, 4) is 0 Å². The van der Waals surface area contributed by atoms with Gasteiger partial charge >= 0.3 is 0 Å². The fourth-order valence-electron chi connectivity index (χ4n) is 0.319. The van der Waals surface area contributed by atoms with Crippen molar-refractivity contribution in [1.82, 2.24) is 0 Å². The van der Waals surface area contributed by atoms with Gasteiger partial charge in [-0.3, -0.25) is 0 Å². The molecule has 7 heavy (non-hydrogen) atoms. The first-order chi connectivity index (χ1) is 3.35. The molecule has 42 valence electrons. The number of rotatable bonds is 2. The van der Waals surface area contributed by atoms with E-state index in [9.17, 15) is 0 Å². The molecule has 0 unspecified atom stereocenters. The lowest BCUT2D eigenvalue weighted by Gasteiger charge is -1.93. The molecule has 0 atom stereocenters. The van der Waals surface area contributed by atoms with Crippen LogP contribution in [0, 0.1) is 0 Å². The molecule has 0 heterocycles. The smallest absolute Gasteiger partial charge is 0.0235 e. The minimum Gasteiger partial charge on any atom is -0.326 e. The van der Waals surface area contributed by atoms with E-state index in [1.807, 2.05) is 19.3 Å². The average Bonchev–Trinajstić information content (AvgIpc) is 1.72. The zero-order chi connectivity index (χ0) is 5.70. The Kier molecular flexibility index (Phi) is 4.25. The van der Waals surface area contributed by atoms with Crippen LogP contribution in [0.3, 0.4) is 0 Å². The van der Waals surface area contributed by atoms with Gasteiger partial charge in [0, 0.05) is 6.54 Å². The van der Waals surface area contributed by atoms with Gasteiger partial charge in [0.2, 0.25) is 0 Å². The van der Waals surface area contributed by atoms with Crippen molar-refractivity contribution >= 4 is 11.8 Å². The van der Waals surface area contributed by atoms with Crippen LogP contribution in [0.25, 0.3) is 0 Å². The van der Waals surface area contributed by atoms with E-state index in [1.54, 1.807) is 11.8 Å². The number of hydrogen-bond acceptors (Lipinski definition) is 2. The predicted molar refractivity (Wildman–Crippen MR) is 36.3 cm³/mol. The predicted octanol–water partition coefficient (Wildman–Crippen LogP) is 1.21. The molecule has 1 nitrogen and oxygen atoms in total. The van der Waals surface area contributed by atoms with Gasteiger partial charge in [0.25, 0.3) is 0 Å². The molecule has 0 radical (unpaired) electrons. The Morgan fingerprint density at radius 1 is 1.86 bits per heavy atom. The summed E-state index contributed by atoms with van der Waals surface area (Å²) < 4.78 is 0. The zero-order valence-electron chi connectivity index (χ0n) is 4.77. The Morgan fingerprint density at radius 3 is 2.43 bits per heavy atom. The van der Waals surface area contributed by atoms with Crippen LogP contribution in [0.2, 0.25) is 0 Å². The molecule has 0 aromatic carbocycles.